The van der Waals surface area contributed by atoms with Gasteiger partial charge in [-0.05, 0) is 28.5 Å². The summed E-state index contributed by atoms with van der Waals surface area (Å²) in [5.41, 5.74) is 0.825. The van der Waals surface area contributed by atoms with Crippen molar-refractivity contribution in [3.05, 3.63) is 120 Å². The second-order valence-electron chi connectivity index (χ2n) is 8.69. The summed E-state index contributed by atoms with van der Waals surface area (Å²) >= 11 is 0. The largest absolute Gasteiger partial charge is 0.508 e. The van der Waals surface area contributed by atoms with Crippen molar-refractivity contribution in [2.75, 3.05) is 4.90 Å². The summed E-state index contributed by atoms with van der Waals surface area (Å²) in [5, 5.41) is 32.8. The number of carbonyl (C=O) groups is 1. The predicted molar refractivity (Wildman–Crippen MR) is 132 cm³/mol. The predicted octanol–water partition coefficient (Wildman–Crippen LogP) is 3.97. The summed E-state index contributed by atoms with van der Waals surface area (Å²) in [6, 6.07) is 27.7. The molecule has 1 amide bonds. The molecule has 1 aliphatic rings. The van der Waals surface area contributed by atoms with Gasteiger partial charge in [-0.15, -0.1) is 5.10 Å². The Labute approximate surface area is 201 Å². The number of hydrogen-bond donors (Lipinski definition) is 2. The van der Waals surface area contributed by atoms with Crippen molar-refractivity contribution < 1.29 is 15.0 Å². The molecule has 1 aliphatic heterocycles. The number of fused-ring (bicyclic) bond motifs is 2. The Morgan fingerprint density at radius 2 is 1.57 bits per heavy atom. The number of phenols is 1. The van der Waals surface area contributed by atoms with Crippen LogP contribution in [0.4, 0.5) is 5.69 Å². The van der Waals surface area contributed by atoms with Crippen LogP contribution in [0, 0.1) is 0 Å². The maximum atomic E-state index is 13.9. The van der Waals surface area contributed by atoms with E-state index in [-0.39, 0.29) is 17.9 Å². The van der Waals surface area contributed by atoms with E-state index >= 15 is 0 Å². The first-order valence-corrected chi connectivity index (χ1v) is 11.3. The fraction of sp³-hybridized carbons (Fsp3) is 0.107. The van der Waals surface area contributed by atoms with E-state index < -0.39 is 11.5 Å². The van der Waals surface area contributed by atoms with Crippen LogP contribution in [0.25, 0.3) is 10.8 Å². The van der Waals surface area contributed by atoms with Gasteiger partial charge in [0.2, 0.25) is 5.60 Å². The smallest absolute Gasteiger partial charge is 0.269 e. The van der Waals surface area contributed by atoms with Gasteiger partial charge in [0.15, 0.2) is 0 Å². The Morgan fingerprint density at radius 3 is 2.43 bits per heavy atom. The number of amides is 1. The first kappa shape index (κ1) is 21.1. The van der Waals surface area contributed by atoms with Gasteiger partial charge in [-0.3, -0.25) is 4.79 Å². The van der Waals surface area contributed by atoms with Gasteiger partial charge in [0.1, 0.15) is 11.4 Å². The van der Waals surface area contributed by atoms with E-state index in [1.54, 1.807) is 41.2 Å². The Balaban J connectivity index is 1.40. The van der Waals surface area contributed by atoms with Crippen LogP contribution in [-0.2, 0) is 23.5 Å². The van der Waals surface area contributed by atoms with Crippen molar-refractivity contribution in [2.45, 2.75) is 18.7 Å². The third-order valence-electron chi connectivity index (χ3n) is 6.50. The fourth-order valence-electron chi connectivity index (χ4n) is 4.89. The molecule has 1 atom stereocenters. The van der Waals surface area contributed by atoms with Crippen LogP contribution in [0.15, 0.2) is 97.2 Å². The number of aliphatic hydroxyl groups is 1. The minimum Gasteiger partial charge on any atom is -0.508 e. The molecule has 2 N–H and O–H groups in total. The minimum atomic E-state index is -2.04. The van der Waals surface area contributed by atoms with Crippen LogP contribution >= 0.6 is 0 Å². The van der Waals surface area contributed by atoms with Gasteiger partial charge >= 0.3 is 0 Å². The summed E-state index contributed by atoms with van der Waals surface area (Å²) in [5.74, 6) is -0.673. The Kier molecular flexibility index (Phi) is 4.86. The van der Waals surface area contributed by atoms with E-state index in [0.717, 1.165) is 10.9 Å². The van der Waals surface area contributed by atoms with E-state index in [1.165, 1.54) is 11.0 Å². The van der Waals surface area contributed by atoms with Crippen molar-refractivity contribution in [2.24, 2.45) is 0 Å². The average molecular weight is 463 g/mol. The van der Waals surface area contributed by atoms with Crippen LogP contribution in [-0.4, -0.2) is 31.1 Å². The molecule has 35 heavy (non-hydrogen) atoms. The van der Waals surface area contributed by atoms with E-state index in [4.69, 9.17) is 0 Å². The van der Waals surface area contributed by atoms with Gasteiger partial charge in [-0.25, -0.2) is 4.68 Å². The Bertz CT molecular complexity index is 1560. The number of anilines is 1. The standard InChI is InChI=1S/C28H22N4O3/c33-25-15-14-20-10-4-5-11-22(20)26(25)28(35)23-12-6-7-13-24(23)32(27(28)34)18-21-17-31(30-29-21)16-19-8-2-1-3-9-19/h1-15,17,33,35H,16,18H2. The first-order valence-electron chi connectivity index (χ1n) is 11.3. The lowest BCUT2D eigenvalue weighted by Gasteiger charge is -2.25. The number of carbonyl (C=O) groups excluding carboxylic acids is 1. The first-order chi connectivity index (χ1) is 17.1. The lowest BCUT2D eigenvalue weighted by Crippen LogP contribution is -2.41. The van der Waals surface area contributed by atoms with Crippen molar-refractivity contribution in [1.29, 1.82) is 0 Å². The number of para-hydroxylation sites is 1. The van der Waals surface area contributed by atoms with Gasteiger partial charge in [-0.2, -0.15) is 0 Å². The van der Waals surface area contributed by atoms with Crippen LogP contribution < -0.4 is 4.90 Å². The monoisotopic (exact) mass is 462 g/mol. The summed E-state index contributed by atoms with van der Waals surface area (Å²) < 4.78 is 1.72. The van der Waals surface area contributed by atoms with Crippen LogP contribution in [0.1, 0.15) is 22.4 Å². The normalized spacial score (nSPS) is 17.2. The molecule has 1 aromatic heterocycles. The van der Waals surface area contributed by atoms with Crippen molar-refractivity contribution >= 4 is 22.4 Å². The zero-order valence-electron chi connectivity index (χ0n) is 18.7. The van der Waals surface area contributed by atoms with Gasteiger partial charge < -0.3 is 15.1 Å². The number of phenolic OH excluding ortho intramolecular Hbond substituents is 1. The zero-order chi connectivity index (χ0) is 24.0. The molecule has 0 aliphatic carbocycles. The van der Waals surface area contributed by atoms with E-state index in [9.17, 15) is 15.0 Å². The highest BCUT2D eigenvalue weighted by atomic mass is 16.3. The van der Waals surface area contributed by atoms with Crippen LogP contribution in [0.3, 0.4) is 0 Å². The van der Waals surface area contributed by atoms with Gasteiger partial charge in [-0.1, -0.05) is 84.1 Å². The summed E-state index contributed by atoms with van der Waals surface area (Å²) in [6.07, 6.45) is 1.80. The maximum absolute atomic E-state index is 13.9. The van der Waals surface area contributed by atoms with Crippen molar-refractivity contribution in [1.82, 2.24) is 15.0 Å². The lowest BCUT2D eigenvalue weighted by atomic mass is 9.84. The topological polar surface area (TPSA) is 91.5 Å². The van der Waals surface area contributed by atoms with Crippen molar-refractivity contribution in [3.63, 3.8) is 0 Å². The van der Waals surface area contributed by atoms with E-state index in [1.807, 2.05) is 54.6 Å². The number of aromatic nitrogens is 3. The zero-order valence-corrected chi connectivity index (χ0v) is 18.7. The van der Waals surface area contributed by atoms with Gasteiger partial charge in [0.25, 0.3) is 5.91 Å². The molecule has 1 unspecified atom stereocenters. The molecule has 0 spiro atoms. The molecule has 0 saturated heterocycles. The summed E-state index contributed by atoms with van der Waals surface area (Å²) in [7, 11) is 0. The molecule has 0 saturated carbocycles. The molecular weight excluding hydrogens is 440 g/mol. The Hall–Kier alpha value is -4.49. The molecule has 2 heterocycles. The van der Waals surface area contributed by atoms with Crippen LogP contribution in [0.2, 0.25) is 0 Å². The van der Waals surface area contributed by atoms with E-state index in [2.05, 4.69) is 10.3 Å². The third-order valence-corrected chi connectivity index (χ3v) is 6.50. The van der Waals surface area contributed by atoms with Crippen LogP contribution in [0.5, 0.6) is 5.75 Å². The molecule has 7 heteroatoms. The highest BCUT2D eigenvalue weighted by molar-refractivity contribution is 6.11. The quantitative estimate of drug-likeness (QED) is 0.413. The molecule has 172 valence electrons. The second kappa shape index (κ2) is 8.07. The molecule has 6 rings (SSSR count). The number of benzene rings is 4. The Morgan fingerprint density at radius 1 is 0.829 bits per heavy atom. The number of rotatable bonds is 5. The lowest BCUT2D eigenvalue weighted by molar-refractivity contribution is -0.132. The summed E-state index contributed by atoms with van der Waals surface area (Å²) in [6.45, 7) is 0.699. The minimum absolute atomic E-state index is 0.134. The van der Waals surface area contributed by atoms with Gasteiger partial charge in [0.05, 0.1) is 25.0 Å². The van der Waals surface area contributed by atoms with E-state index in [0.29, 0.717) is 28.9 Å². The molecule has 4 aromatic carbocycles. The SMILES string of the molecule is O=C1N(Cc2cn(Cc3ccccc3)nn2)c2ccccc2C1(O)c1c(O)ccc2ccccc12. The number of hydrogen-bond acceptors (Lipinski definition) is 5. The number of nitrogens with zero attached hydrogens (tertiary/aromatic N) is 4. The molecule has 7 nitrogen and oxygen atoms in total. The molecule has 0 fully saturated rings. The fourth-order valence-corrected chi connectivity index (χ4v) is 4.89. The molecule has 5 aromatic rings. The second-order valence-corrected chi connectivity index (χ2v) is 8.69. The molecule has 0 bridgehead atoms. The highest BCUT2D eigenvalue weighted by Crippen LogP contribution is 2.49. The molecule has 0 radical (unpaired) electrons. The average Bonchev–Trinajstić information content (AvgIpc) is 3.41. The van der Waals surface area contributed by atoms with Crippen molar-refractivity contribution in [3.8, 4) is 5.75 Å². The maximum Gasteiger partial charge on any atom is 0.269 e. The summed E-state index contributed by atoms with van der Waals surface area (Å²) in [4.78, 5) is 15.4. The third kappa shape index (κ3) is 3.36. The molecular formula is C28H22N4O3. The number of aromatic hydroxyl groups is 1. The highest BCUT2D eigenvalue weighted by Gasteiger charge is 2.53. The van der Waals surface area contributed by atoms with Gasteiger partial charge in [0, 0.05) is 11.1 Å².